The van der Waals surface area contributed by atoms with Gasteiger partial charge in [-0.15, -0.1) is 0 Å². The molecule has 2 fully saturated rings. The molecule has 2 aliphatic heterocycles. The molecule has 0 saturated carbocycles. The number of fused-ring (bicyclic) bond motifs is 1. The molecule has 0 aliphatic carbocycles. The van der Waals surface area contributed by atoms with Crippen molar-refractivity contribution < 1.29 is 0 Å². The molecule has 0 aromatic heterocycles. The van der Waals surface area contributed by atoms with Gasteiger partial charge in [0, 0.05) is 19.1 Å². The predicted molar refractivity (Wildman–Crippen MR) is 64.2 cm³/mol. The Morgan fingerprint density at radius 2 is 2.08 bits per heavy atom. The fraction of sp³-hybridized carbons (Fsp3) is 1.00. The van der Waals surface area contributed by atoms with Crippen molar-refractivity contribution in [3.8, 4) is 0 Å². The molecule has 0 aromatic carbocycles. The molecule has 0 N–H and O–H groups in total. The van der Waals surface area contributed by atoms with Crippen LogP contribution >= 0.6 is 22.6 Å². The summed E-state index contributed by atoms with van der Waals surface area (Å²) >= 11 is 2.53. The number of rotatable bonds is 1. The van der Waals surface area contributed by atoms with Crippen LogP contribution in [0, 0.1) is 5.92 Å². The number of hydrogen-bond acceptors (Lipinski definition) is 2. The summed E-state index contributed by atoms with van der Waals surface area (Å²) in [5.74, 6) is 0.955. The van der Waals surface area contributed by atoms with Crippen molar-refractivity contribution >= 4 is 22.6 Å². The maximum atomic E-state index is 2.63. The lowest BCUT2D eigenvalue weighted by Crippen LogP contribution is -2.46. The largest absolute Gasteiger partial charge is 0.303 e. The van der Waals surface area contributed by atoms with Crippen molar-refractivity contribution in [2.75, 3.05) is 26.7 Å². The van der Waals surface area contributed by atoms with Gasteiger partial charge in [-0.25, -0.2) is 0 Å². The second-order valence-corrected chi connectivity index (χ2v) is 6.26. The van der Waals surface area contributed by atoms with Crippen LogP contribution in [0.5, 0.6) is 0 Å². The minimum Gasteiger partial charge on any atom is -0.303 e. The summed E-state index contributed by atoms with van der Waals surface area (Å²) in [6.45, 7) is 6.26. The zero-order valence-corrected chi connectivity index (χ0v) is 10.7. The van der Waals surface area contributed by atoms with Crippen LogP contribution in [-0.2, 0) is 0 Å². The van der Waals surface area contributed by atoms with Crippen molar-refractivity contribution in [2.45, 2.75) is 29.9 Å². The van der Waals surface area contributed by atoms with E-state index in [2.05, 4.69) is 46.4 Å². The van der Waals surface area contributed by atoms with Gasteiger partial charge in [0.25, 0.3) is 0 Å². The number of nitrogens with zero attached hydrogens (tertiary/aromatic N) is 2. The molecule has 0 bridgehead atoms. The SMILES string of the molecule is CC(I)N1CCC2C(CCN2C)C1. The topological polar surface area (TPSA) is 6.48 Å². The number of alkyl halides is 1. The van der Waals surface area contributed by atoms with E-state index >= 15 is 0 Å². The molecule has 2 nitrogen and oxygen atoms in total. The average molecular weight is 294 g/mol. The normalized spacial score (nSPS) is 39.0. The highest BCUT2D eigenvalue weighted by molar-refractivity contribution is 14.1. The van der Waals surface area contributed by atoms with Gasteiger partial charge in [0.1, 0.15) is 0 Å². The van der Waals surface area contributed by atoms with Gasteiger partial charge in [-0.1, -0.05) is 22.6 Å². The zero-order valence-electron chi connectivity index (χ0n) is 8.54. The molecule has 2 heterocycles. The highest BCUT2D eigenvalue weighted by Gasteiger charge is 2.36. The molecule has 0 amide bonds. The van der Waals surface area contributed by atoms with Crippen molar-refractivity contribution in [2.24, 2.45) is 5.92 Å². The minimum absolute atomic E-state index is 0.712. The lowest BCUT2D eigenvalue weighted by Gasteiger charge is -2.38. The minimum atomic E-state index is 0.712. The molecule has 13 heavy (non-hydrogen) atoms. The van der Waals surface area contributed by atoms with Gasteiger partial charge >= 0.3 is 0 Å². The molecule has 2 saturated heterocycles. The van der Waals surface area contributed by atoms with E-state index in [1.54, 1.807) is 0 Å². The number of halogens is 1. The third-order valence-electron chi connectivity index (χ3n) is 3.65. The third-order valence-corrected chi connectivity index (χ3v) is 4.43. The fourth-order valence-electron chi connectivity index (χ4n) is 2.77. The Bertz CT molecular complexity index is 184. The average Bonchev–Trinajstić information content (AvgIpc) is 2.47. The first-order valence-electron chi connectivity index (χ1n) is 5.27. The molecule has 3 atom stereocenters. The third kappa shape index (κ3) is 2.02. The molecular weight excluding hydrogens is 275 g/mol. The van der Waals surface area contributed by atoms with Crippen LogP contribution in [0.4, 0.5) is 0 Å². The van der Waals surface area contributed by atoms with Crippen LogP contribution < -0.4 is 0 Å². The zero-order chi connectivity index (χ0) is 9.42. The van der Waals surface area contributed by atoms with Crippen LogP contribution in [0.25, 0.3) is 0 Å². The highest BCUT2D eigenvalue weighted by atomic mass is 127. The van der Waals surface area contributed by atoms with E-state index < -0.39 is 0 Å². The summed E-state index contributed by atoms with van der Waals surface area (Å²) in [4.78, 5) is 5.18. The Balaban J connectivity index is 1.95. The summed E-state index contributed by atoms with van der Waals surface area (Å²) in [6.07, 6.45) is 2.80. The van der Waals surface area contributed by atoms with Gasteiger partial charge in [-0.3, -0.25) is 4.90 Å². The van der Waals surface area contributed by atoms with Crippen molar-refractivity contribution in [3.05, 3.63) is 0 Å². The first kappa shape index (κ1) is 10.2. The second kappa shape index (κ2) is 4.03. The number of likely N-dealkylation sites (tertiary alicyclic amines) is 2. The van der Waals surface area contributed by atoms with Gasteiger partial charge in [-0.05, 0) is 39.3 Å². The number of piperidine rings is 1. The molecule has 3 unspecified atom stereocenters. The fourth-order valence-corrected chi connectivity index (χ4v) is 3.28. The smallest absolute Gasteiger partial charge is 0.0590 e. The van der Waals surface area contributed by atoms with Crippen molar-refractivity contribution in [1.82, 2.24) is 9.80 Å². The Labute approximate surface area is 94.8 Å². The van der Waals surface area contributed by atoms with E-state index in [0.29, 0.717) is 4.05 Å². The highest BCUT2D eigenvalue weighted by Crippen LogP contribution is 2.31. The Morgan fingerprint density at radius 3 is 2.77 bits per heavy atom. The standard InChI is InChI=1S/C10H19IN2/c1-8(11)13-6-4-10-9(7-13)3-5-12(10)2/h8-10H,3-7H2,1-2H3. The Hall–Kier alpha value is 0.650. The molecule has 2 aliphatic rings. The predicted octanol–water partition coefficient (Wildman–Crippen LogP) is 1.79. The van der Waals surface area contributed by atoms with Crippen LogP contribution in [0.1, 0.15) is 19.8 Å². The molecule has 0 aromatic rings. The van der Waals surface area contributed by atoms with E-state index in [1.807, 2.05) is 0 Å². The monoisotopic (exact) mass is 294 g/mol. The van der Waals surface area contributed by atoms with Crippen LogP contribution in [0.15, 0.2) is 0 Å². The van der Waals surface area contributed by atoms with Crippen molar-refractivity contribution in [3.63, 3.8) is 0 Å². The Morgan fingerprint density at radius 1 is 1.31 bits per heavy atom. The molecule has 0 radical (unpaired) electrons. The van der Waals surface area contributed by atoms with Crippen LogP contribution in [0.3, 0.4) is 0 Å². The van der Waals surface area contributed by atoms with E-state index in [4.69, 9.17) is 0 Å². The quantitative estimate of drug-likeness (QED) is 0.413. The van der Waals surface area contributed by atoms with Crippen LogP contribution in [-0.4, -0.2) is 46.6 Å². The molecule has 76 valence electrons. The molecule has 3 heteroatoms. The maximum absolute atomic E-state index is 2.63. The van der Waals surface area contributed by atoms with Crippen molar-refractivity contribution in [1.29, 1.82) is 0 Å². The van der Waals surface area contributed by atoms with Gasteiger partial charge in [0.05, 0.1) is 4.05 Å². The van der Waals surface area contributed by atoms with E-state index in [1.165, 1.54) is 32.5 Å². The number of hydrogen-bond donors (Lipinski definition) is 0. The maximum Gasteiger partial charge on any atom is 0.0590 e. The summed E-state index contributed by atoms with van der Waals surface area (Å²) in [5, 5.41) is 0. The molecule has 0 spiro atoms. The Kier molecular flexibility index (Phi) is 3.15. The summed E-state index contributed by atoms with van der Waals surface area (Å²) < 4.78 is 0.712. The van der Waals surface area contributed by atoms with Gasteiger partial charge in [0.2, 0.25) is 0 Å². The molecule has 2 rings (SSSR count). The summed E-state index contributed by atoms with van der Waals surface area (Å²) in [6, 6.07) is 0.895. The first-order chi connectivity index (χ1) is 6.18. The second-order valence-electron chi connectivity index (χ2n) is 4.45. The van der Waals surface area contributed by atoms with Gasteiger partial charge in [0.15, 0.2) is 0 Å². The lowest BCUT2D eigenvalue weighted by molar-refractivity contribution is 0.124. The summed E-state index contributed by atoms with van der Waals surface area (Å²) in [5.41, 5.74) is 0. The molecular formula is C10H19IN2. The van der Waals surface area contributed by atoms with Gasteiger partial charge in [-0.2, -0.15) is 0 Å². The van der Waals surface area contributed by atoms with E-state index in [-0.39, 0.29) is 0 Å². The summed E-state index contributed by atoms with van der Waals surface area (Å²) in [7, 11) is 2.29. The van der Waals surface area contributed by atoms with Crippen LogP contribution in [0.2, 0.25) is 0 Å². The lowest BCUT2D eigenvalue weighted by atomic mass is 9.93. The van der Waals surface area contributed by atoms with E-state index in [9.17, 15) is 0 Å². The van der Waals surface area contributed by atoms with E-state index in [0.717, 1.165) is 12.0 Å². The van der Waals surface area contributed by atoms with Gasteiger partial charge < -0.3 is 4.90 Å². The first-order valence-corrected chi connectivity index (χ1v) is 6.51.